The molecule has 0 atom stereocenters. The molecule has 7 heavy (non-hydrogen) atoms. The van der Waals surface area contributed by atoms with Gasteiger partial charge < -0.3 is 0 Å². The zero-order valence-electron chi connectivity index (χ0n) is 5.03. The summed E-state index contributed by atoms with van der Waals surface area (Å²) in [5.41, 5.74) is 1.41. The molecule has 0 amide bonds. The van der Waals surface area contributed by atoms with Crippen LogP contribution in [0.15, 0.2) is 12.2 Å². The second kappa shape index (κ2) is 4.42. The normalized spacial score (nSPS) is 8.86. The van der Waals surface area contributed by atoms with E-state index in [1.54, 1.807) is 0 Å². The molecular formula is C6H12Se. The molecule has 0 aromatic carbocycles. The summed E-state index contributed by atoms with van der Waals surface area (Å²) in [6.07, 6.45) is 1.16. The fraction of sp³-hybridized carbons (Fsp3) is 0.667. The van der Waals surface area contributed by atoms with E-state index in [0.717, 1.165) is 21.4 Å². The van der Waals surface area contributed by atoms with Gasteiger partial charge in [-0.15, -0.1) is 0 Å². The Labute approximate surface area is 52.2 Å². The van der Waals surface area contributed by atoms with E-state index in [1.807, 2.05) is 0 Å². The van der Waals surface area contributed by atoms with E-state index in [-0.39, 0.29) is 0 Å². The Morgan fingerprint density at radius 1 is 1.71 bits per heavy atom. The van der Waals surface area contributed by atoms with Crippen molar-refractivity contribution < 1.29 is 0 Å². The standard InChI is InChI=1S/C6H12Se/c1-4-6(2)5-7-3/h2,4-5H2,1,3H3. The van der Waals surface area contributed by atoms with Crippen molar-refractivity contribution in [2.75, 3.05) is 0 Å². The summed E-state index contributed by atoms with van der Waals surface area (Å²) in [5.74, 6) is 2.24. The Balaban J connectivity index is 3.00. The van der Waals surface area contributed by atoms with Crippen molar-refractivity contribution in [3.8, 4) is 0 Å². The van der Waals surface area contributed by atoms with Gasteiger partial charge in [-0.3, -0.25) is 0 Å². The minimum atomic E-state index is 0.799. The van der Waals surface area contributed by atoms with Crippen molar-refractivity contribution in [2.24, 2.45) is 0 Å². The Morgan fingerprint density at radius 2 is 2.29 bits per heavy atom. The van der Waals surface area contributed by atoms with Crippen molar-refractivity contribution in [1.82, 2.24) is 0 Å². The summed E-state index contributed by atoms with van der Waals surface area (Å²) in [5, 5.41) is 1.27. The van der Waals surface area contributed by atoms with Crippen molar-refractivity contribution in [3.63, 3.8) is 0 Å². The fourth-order valence-electron chi connectivity index (χ4n) is 0.306. The number of hydrogen-bond donors (Lipinski definition) is 0. The van der Waals surface area contributed by atoms with E-state index in [2.05, 4.69) is 19.3 Å². The zero-order chi connectivity index (χ0) is 5.70. The molecule has 0 aliphatic rings. The average Bonchev–Trinajstić information content (AvgIpc) is 1.68. The Hall–Kier alpha value is 0.259. The van der Waals surface area contributed by atoms with Crippen LogP contribution >= 0.6 is 0 Å². The minimum absolute atomic E-state index is 0.799. The molecule has 0 heterocycles. The van der Waals surface area contributed by atoms with E-state index < -0.39 is 0 Å². The van der Waals surface area contributed by atoms with Gasteiger partial charge in [0.25, 0.3) is 0 Å². The molecule has 0 aromatic rings. The van der Waals surface area contributed by atoms with E-state index in [1.165, 1.54) is 10.9 Å². The van der Waals surface area contributed by atoms with Gasteiger partial charge in [0, 0.05) is 0 Å². The Bertz CT molecular complexity index is 57.2. The van der Waals surface area contributed by atoms with Gasteiger partial charge in [0.05, 0.1) is 0 Å². The average molecular weight is 163 g/mol. The molecule has 0 unspecified atom stereocenters. The van der Waals surface area contributed by atoms with Crippen LogP contribution in [0.4, 0.5) is 0 Å². The van der Waals surface area contributed by atoms with E-state index in [0.29, 0.717) is 0 Å². The molecule has 0 spiro atoms. The molecule has 0 bridgehead atoms. The third-order valence-electron chi connectivity index (χ3n) is 0.848. The first-order chi connectivity index (χ1) is 3.31. The second-order valence-corrected chi connectivity index (χ2v) is 3.35. The molecule has 0 fully saturated rings. The maximum atomic E-state index is 3.88. The summed E-state index contributed by atoms with van der Waals surface area (Å²) in [6, 6.07) is 0. The van der Waals surface area contributed by atoms with Gasteiger partial charge in [-0.2, -0.15) is 0 Å². The van der Waals surface area contributed by atoms with Crippen LogP contribution in [0.5, 0.6) is 0 Å². The van der Waals surface area contributed by atoms with E-state index in [9.17, 15) is 0 Å². The first-order valence-electron chi connectivity index (χ1n) is 2.46. The predicted octanol–water partition coefficient (Wildman–Crippen LogP) is 2.12. The molecule has 0 aliphatic heterocycles. The van der Waals surface area contributed by atoms with Crippen LogP contribution in [-0.4, -0.2) is 15.0 Å². The quantitative estimate of drug-likeness (QED) is 0.441. The van der Waals surface area contributed by atoms with Crippen LogP contribution in [-0.2, 0) is 0 Å². The second-order valence-electron chi connectivity index (χ2n) is 1.54. The van der Waals surface area contributed by atoms with Crippen molar-refractivity contribution >= 4 is 15.0 Å². The summed E-state index contributed by atoms with van der Waals surface area (Å²) in [4.78, 5) is 0. The number of hydrogen-bond acceptors (Lipinski definition) is 0. The topological polar surface area (TPSA) is 0 Å². The maximum absolute atomic E-state index is 3.88. The zero-order valence-corrected chi connectivity index (χ0v) is 6.74. The van der Waals surface area contributed by atoms with Crippen LogP contribution in [0.25, 0.3) is 0 Å². The molecule has 0 saturated heterocycles. The van der Waals surface area contributed by atoms with Gasteiger partial charge in [-0.25, -0.2) is 0 Å². The van der Waals surface area contributed by atoms with Crippen LogP contribution in [0, 0.1) is 0 Å². The molecule has 0 radical (unpaired) electrons. The van der Waals surface area contributed by atoms with Gasteiger partial charge in [-0.1, -0.05) is 0 Å². The van der Waals surface area contributed by atoms with Crippen LogP contribution in [0.1, 0.15) is 13.3 Å². The van der Waals surface area contributed by atoms with Gasteiger partial charge >= 0.3 is 51.6 Å². The molecule has 0 saturated carbocycles. The van der Waals surface area contributed by atoms with Crippen LogP contribution in [0.2, 0.25) is 11.1 Å². The third-order valence-corrected chi connectivity index (χ3v) is 2.31. The van der Waals surface area contributed by atoms with Crippen LogP contribution < -0.4 is 0 Å². The number of rotatable bonds is 3. The van der Waals surface area contributed by atoms with Crippen molar-refractivity contribution in [2.45, 2.75) is 24.5 Å². The molecule has 42 valence electrons. The Morgan fingerprint density at radius 3 is 2.43 bits per heavy atom. The van der Waals surface area contributed by atoms with Crippen molar-refractivity contribution in [3.05, 3.63) is 12.2 Å². The molecule has 0 nitrogen and oxygen atoms in total. The summed E-state index contributed by atoms with van der Waals surface area (Å²) in [7, 11) is 0. The molecule has 0 aliphatic carbocycles. The molecular weight excluding hydrogens is 151 g/mol. The monoisotopic (exact) mass is 164 g/mol. The molecule has 1 heteroatoms. The number of allylic oxidation sites excluding steroid dienone is 1. The Kier molecular flexibility index (Phi) is 4.58. The first-order valence-corrected chi connectivity index (χ1v) is 5.39. The van der Waals surface area contributed by atoms with Gasteiger partial charge in [0.15, 0.2) is 0 Å². The third kappa shape index (κ3) is 4.11. The van der Waals surface area contributed by atoms with Crippen molar-refractivity contribution in [1.29, 1.82) is 0 Å². The molecule has 0 N–H and O–H groups in total. The fourth-order valence-corrected chi connectivity index (χ4v) is 1.59. The first kappa shape index (κ1) is 7.26. The summed E-state index contributed by atoms with van der Waals surface area (Å²) in [6.45, 7) is 6.04. The van der Waals surface area contributed by atoms with Gasteiger partial charge in [-0.05, 0) is 0 Å². The van der Waals surface area contributed by atoms with E-state index >= 15 is 0 Å². The SMILES string of the molecule is C=C(CC)C[Se]C. The van der Waals surface area contributed by atoms with E-state index in [4.69, 9.17) is 0 Å². The van der Waals surface area contributed by atoms with Crippen LogP contribution in [0.3, 0.4) is 0 Å². The van der Waals surface area contributed by atoms with Gasteiger partial charge in [0.2, 0.25) is 0 Å². The summed E-state index contributed by atoms with van der Waals surface area (Å²) < 4.78 is 0. The predicted molar refractivity (Wildman–Crippen MR) is 35.9 cm³/mol. The molecule has 0 rings (SSSR count). The van der Waals surface area contributed by atoms with Gasteiger partial charge in [0.1, 0.15) is 0 Å². The summed E-state index contributed by atoms with van der Waals surface area (Å²) >= 11 is 0.799. The molecule has 0 aromatic heterocycles.